The Hall–Kier alpha value is -7.14. The fourth-order valence-electron chi connectivity index (χ4n) is 7.94. The lowest BCUT2D eigenvalue weighted by molar-refractivity contribution is 0.955. The highest BCUT2D eigenvalue weighted by Gasteiger charge is 2.27. The lowest BCUT2D eigenvalue weighted by atomic mass is 10.0. The van der Waals surface area contributed by atoms with E-state index >= 15 is 0 Å². The molecule has 0 N–H and O–H groups in total. The smallest absolute Gasteiger partial charge is 0.238 e. The molecule has 0 fully saturated rings. The van der Waals surface area contributed by atoms with E-state index in [9.17, 15) is 5.26 Å². The second-order valence-corrected chi connectivity index (χ2v) is 14.2. The summed E-state index contributed by atoms with van der Waals surface area (Å²) in [6, 6.07) is 56.4. The predicted octanol–water partition coefficient (Wildman–Crippen LogP) is 11.6. The zero-order valence-electron chi connectivity index (χ0n) is 28.1. The van der Waals surface area contributed by atoms with Crippen LogP contribution in [0.15, 0.2) is 158 Å². The molecule has 0 aliphatic heterocycles. The van der Waals surface area contributed by atoms with Gasteiger partial charge in [-0.1, -0.05) is 103 Å². The summed E-state index contributed by atoms with van der Waals surface area (Å²) >= 11 is 1.84. The molecule has 6 nitrogen and oxygen atoms in total. The van der Waals surface area contributed by atoms with Gasteiger partial charge in [-0.3, -0.25) is 4.57 Å². The van der Waals surface area contributed by atoms with Crippen molar-refractivity contribution >= 4 is 75.1 Å². The molecule has 0 bridgehead atoms. The molecule has 11 aromatic rings. The number of hydrogen-bond donors (Lipinski definition) is 0. The molecule has 0 atom stereocenters. The molecule has 7 aromatic carbocycles. The Morgan fingerprint density at radius 2 is 1.00 bits per heavy atom. The van der Waals surface area contributed by atoms with Crippen LogP contribution in [0, 0.1) is 11.3 Å². The third-order valence-electron chi connectivity index (χ3n) is 10.2. The summed E-state index contributed by atoms with van der Waals surface area (Å²) in [6.45, 7) is 0. The SMILES string of the molecule is N#Cc1ccc(-c2nc(-c3ccccc3)nc(-n3c4ccccc4c4c5sc6ccccc6c5c5c(c6ccccc6n5-c5ccccc5)c43)n2)cc1. The van der Waals surface area contributed by atoms with Crippen LogP contribution >= 0.6 is 11.3 Å². The average Bonchev–Trinajstić information content (AvgIpc) is 3.89. The molecule has 0 aliphatic carbocycles. The van der Waals surface area contributed by atoms with Crippen molar-refractivity contribution in [2.45, 2.75) is 0 Å². The monoisotopic (exact) mass is 694 g/mol. The Kier molecular flexibility index (Phi) is 6.38. The van der Waals surface area contributed by atoms with E-state index in [1.54, 1.807) is 0 Å². The molecular weight excluding hydrogens is 669 g/mol. The molecule has 0 unspecified atom stereocenters. The van der Waals surface area contributed by atoms with Gasteiger partial charge in [0.05, 0.1) is 33.7 Å². The van der Waals surface area contributed by atoms with E-state index in [1.165, 1.54) is 25.6 Å². The molecule has 53 heavy (non-hydrogen) atoms. The number of benzene rings is 7. The maximum absolute atomic E-state index is 9.52. The van der Waals surface area contributed by atoms with Crippen LogP contribution in [0.1, 0.15) is 5.56 Å². The molecule has 0 amide bonds. The van der Waals surface area contributed by atoms with Gasteiger partial charge in [0, 0.05) is 58.5 Å². The van der Waals surface area contributed by atoms with E-state index in [4.69, 9.17) is 15.0 Å². The van der Waals surface area contributed by atoms with E-state index in [0.29, 0.717) is 23.2 Å². The summed E-state index contributed by atoms with van der Waals surface area (Å²) in [6.07, 6.45) is 0. The molecular formula is C46H26N6S. The average molecular weight is 695 g/mol. The first-order valence-electron chi connectivity index (χ1n) is 17.4. The van der Waals surface area contributed by atoms with Crippen LogP contribution < -0.4 is 0 Å². The lowest BCUT2D eigenvalue weighted by Crippen LogP contribution is -2.06. The number of thiophene rings is 1. The van der Waals surface area contributed by atoms with Crippen molar-refractivity contribution in [3.8, 4) is 40.5 Å². The van der Waals surface area contributed by atoms with Crippen molar-refractivity contribution in [1.82, 2.24) is 24.1 Å². The largest absolute Gasteiger partial charge is 0.308 e. The minimum absolute atomic E-state index is 0.530. The van der Waals surface area contributed by atoms with Crippen LogP contribution in [0.3, 0.4) is 0 Å². The number of nitrogens with zero attached hydrogens (tertiary/aromatic N) is 6. The maximum Gasteiger partial charge on any atom is 0.238 e. The van der Waals surface area contributed by atoms with Crippen molar-refractivity contribution in [2.24, 2.45) is 0 Å². The predicted molar refractivity (Wildman–Crippen MR) is 217 cm³/mol. The first-order chi connectivity index (χ1) is 26.3. The molecule has 0 spiro atoms. The first-order valence-corrected chi connectivity index (χ1v) is 18.3. The van der Waals surface area contributed by atoms with Gasteiger partial charge in [0.25, 0.3) is 0 Å². The van der Waals surface area contributed by atoms with Crippen LogP contribution in [0.5, 0.6) is 0 Å². The molecule has 0 saturated heterocycles. The highest BCUT2D eigenvalue weighted by Crippen LogP contribution is 2.51. The normalized spacial score (nSPS) is 11.8. The zero-order valence-corrected chi connectivity index (χ0v) is 28.9. The minimum atomic E-state index is 0.530. The summed E-state index contributed by atoms with van der Waals surface area (Å²) in [5, 5.41) is 16.6. The summed E-state index contributed by atoms with van der Waals surface area (Å²) in [4.78, 5) is 15.5. The van der Waals surface area contributed by atoms with Gasteiger partial charge < -0.3 is 4.57 Å². The van der Waals surface area contributed by atoms with E-state index < -0.39 is 0 Å². The lowest BCUT2D eigenvalue weighted by Gasteiger charge is -2.12. The number of hydrogen-bond acceptors (Lipinski definition) is 5. The third kappa shape index (κ3) is 4.34. The summed E-state index contributed by atoms with van der Waals surface area (Å²) < 4.78 is 7.15. The number of rotatable bonds is 4. The van der Waals surface area contributed by atoms with Crippen molar-refractivity contribution in [1.29, 1.82) is 5.26 Å². The number of nitriles is 1. The van der Waals surface area contributed by atoms with Gasteiger partial charge in [0.2, 0.25) is 5.95 Å². The van der Waals surface area contributed by atoms with Crippen LogP contribution in [-0.2, 0) is 0 Å². The molecule has 4 heterocycles. The summed E-state index contributed by atoms with van der Waals surface area (Å²) in [5.41, 5.74) is 7.75. The van der Waals surface area contributed by atoms with Crippen molar-refractivity contribution in [2.75, 3.05) is 0 Å². The number of para-hydroxylation sites is 3. The minimum Gasteiger partial charge on any atom is -0.308 e. The van der Waals surface area contributed by atoms with Crippen molar-refractivity contribution in [3.63, 3.8) is 0 Å². The molecule has 0 saturated carbocycles. The Morgan fingerprint density at radius 3 is 1.70 bits per heavy atom. The second kappa shape index (κ2) is 11.4. The second-order valence-electron chi connectivity index (χ2n) is 13.1. The molecule has 0 radical (unpaired) electrons. The third-order valence-corrected chi connectivity index (χ3v) is 11.4. The van der Waals surface area contributed by atoms with E-state index in [2.05, 4.69) is 118 Å². The van der Waals surface area contributed by atoms with Gasteiger partial charge in [-0.25, -0.2) is 4.98 Å². The first kappa shape index (κ1) is 29.6. The van der Waals surface area contributed by atoms with Gasteiger partial charge in [0.15, 0.2) is 11.6 Å². The Balaban J connectivity index is 1.38. The number of fused-ring (bicyclic) bond motifs is 12. The van der Waals surface area contributed by atoms with Crippen molar-refractivity contribution in [3.05, 3.63) is 163 Å². The highest BCUT2D eigenvalue weighted by molar-refractivity contribution is 7.27. The molecule has 4 aromatic heterocycles. The summed E-state index contributed by atoms with van der Waals surface area (Å²) in [7, 11) is 0. The zero-order chi connectivity index (χ0) is 35.0. The maximum atomic E-state index is 9.52. The molecule has 0 aliphatic rings. The number of aromatic nitrogens is 5. The van der Waals surface area contributed by atoms with Crippen LogP contribution in [0.2, 0.25) is 0 Å². The van der Waals surface area contributed by atoms with Gasteiger partial charge in [0.1, 0.15) is 0 Å². The Morgan fingerprint density at radius 1 is 0.472 bits per heavy atom. The van der Waals surface area contributed by atoms with E-state index in [-0.39, 0.29) is 0 Å². The summed E-state index contributed by atoms with van der Waals surface area (Å²) in [5.74, 6) is 1.64. The van der Waals surface area contributed by atoms with Gasteiger partial charge in [-0.05, 0) is 54.6 Å². The van der Waals surface area contributed by atoms with Crippen LogP contribution in [0.25, 0.3) is 98.2 Å². The standard InChI is InChI=1S/C46H26N6S/c47-27-28-23-25-30(26-24-28)45-48-44(29-13-3-1-4-14-29)49-46(50-45)52-36-21-11-8-18-33(36)39-42(52)38-32-17-7-10-20-35(32)51(31-15-5-2-6-16-31)41(38)40-34-19-9-12-22-37(34)53-43(39)40/h1-26H. The van der Waals surface area contributed by atoms with Gasteiger partial charge in [-0.15, -0.1) is 11.3 Å². The van der Waals surface area contributed by atoms with E-state index in [1.807, 2.05) is 65.9 Å². The Bertz CT molecular complexity index is 3280. The van der Waals surface area contributed by atoms with Crippen LogP contribution in [0.4, 0.5) is 0 Å². The van der Waals surface area contributed by atoms with Gasteiger partial charge >= 0.3 is 0 Å². The highest BCUT2D eigenvalue weighted by atomic mass is 32.1. The topological polar surface area (TPSA) is 72.3 Å². The molecule has 11 rings (SSSR count). The Labute approximate surface area is 307 Å². The van der Waals surface area contributed by atoms with Crippen molar-refractivity contribution < 1.29 is 0 Å². The molecule has 7 heteroatoms. The van der Waals surface area contributed by atoms with Gasteiger partial charge in [-0.2, -0.15) is 15.2 Å². The van der Waals surface area contributed by atoms with E-state index in [0.717, 1.165) is 55.0 Å². The quantitative estimate of drug-likeness (QED) is 0.184. The fourth-order valence-corrected chi connectivity index (χ4v) is 9.20. The van der Waals surface area contributed by atoms with Crippen LogP contribution in [-0.4, -0.2) is 24.1 Å². The molecule has 246 valence electrons. The fraction of sp³-hybridized carbons (Fsp3) is 0.